The topological polar surface area (TPSA) is 60.7 Å². The van der Waals surface area contributed by atoms with E-state index in [1.807, 2.05) is 25.1 Å². The van der Waals surface area contributed by atoms with E-state index in [1.165, 1.54) is 14.2 Å². The van der Waals surface area contributed by atoms with Gasteiger partial charge in [0.05, 0.1) is 6.54 Å². The minimum Gasteiger partial charge on any atom is -0.451 e. The van der Waals surface area contributed by atoms with E-state index in [9.17, 15) is 4.79 Å². The molecule has 1 amide bonds. The van der Waals surface area contributed by atoms with Crippen molar-refractivity contribution in [3.63, 3.8) is 0 Å². The molecule has 0 unspecified atom stereocenters. The third kappa shape index (κ3) is 3.13. The van der Waals surface area contributed by atoms with Crippen molar-refractivity contribution in [3.05, 3.63) is 35.6 Å². The lowest BCUT2D eigenvalue weighted by molar-refractivity contribution is -0.0975. The number of hydrogen-bond donors (Lipinski definition) is 1. The van der Waals surface area contributed by atoms with E-state index in [-0.39, 0.29) is 18.2 Å². The summed E-state index contributed by atoms with van der Waals surface area (Å²) in [6, 6.07) is 7.50. The first-order valence-electron chi connectivity index (χ1n) is 5.98. The van der Waals surface area contributed by atoms with Gasteiger partial charge in [0.1, 0.15) is 5.58 Å². The van der Waals surface area contributed by atoms with Crippen molar-refractivity contribution >= 4 is 16.9 Å². The van der Waals surface area contributed by atoms with Crippen LogP contribution in [0.15, 0.2) is 28.7 Å². The van der Waals surface area contributed by atoms with E-state index in [0.717, 1.165) is 10.9 Å². The molecule has 0 atom stereocenters. The number of aryl methyl sites for hydroxylation is 1. The standard InChI is InChI=1S/C14H17NO4/c1-9-4-5-11-10(6-9)7-12(19-11)14(16)15-8-13(17-2)18-3/h4-7,13H,8H2,1-3H3,(H,15,16). The molecule has 2 aromatic rings. The zero-order valence-electron chi connectivity index (χ0n) is 11.2. The Bertz CT molecular complexity index is 572. The number of hydrogen-bond acceptors (Lipinski definition) is 4. The summed E-state index contributed by atoms with van der Waals surface area (Å²) in [5.74, 6) is -0.000454. The first kappa shape index (κ1) is 13.6. The van der Waals surface area contributed by atoms with Crippen LogP contribution in [0, 0.1) is 6.92 Å². The van der Waals surface area contributed by atoms with Gasteiger partial charge in [-0.1, -0.05) is 11.6 Å². The van der Waals surface area contributed by atoms with Gasteiger partial charge in [0.15, 0.2) is 12.1 Å². The Morgan fingerprint density at radius 3 is 2.74 bits per heavy atom. The van der Waals surface area contributed by atoms with Crippen LogP contribution in [-0.2, 0) is 9.47 Å². The van der Waals surface area contributed by atoms with Crippen LogP contribution in [-0.4, -0.2) is 33.0 Å². The average molecular weight is 263 g/mol. The van der Waals surface area contributed by atoms with Gasteiger partial charge in [-0.25, -0.2) is 0 Å². The van der Waals surface area contributed by atoms with Crippen LogP contribution < -0.4 is 5.32 Å². The lowest BCUT2D eigenvalue weighted by Gasteiger charge is -2.13. The molecule has 5 nitrogen and oxygen atoms in total. The van der Waals surface area contributed by atoms with E-state index in [2.05, 4.69) is 5.32 Å². The van der Waals surface area contributed by atoms with Crippen LogP contribution in [0.2, 0.25) is 0 Å². The highest BCUT2D eigenvalue weighted by molar-refractivity contribution is 5.96. The van der Waals surface area contributed by atoms with Crippen molar-refractivity contribution in [2.45, 2.75) is 13.2 Å². The molecule has 1 aromatic heterocycles. The number of amides is 1. The first-order valence-corrected chi connectivity index (χ1v) is 5.98. The van der Waals surface area contributed by atoms with Crippen molar-refractivity contribution in [2.75, 3.05) is 20.8 Å². The number of ether oxygens (including phenoxy) is 2. The summed E-state index contributed by atoms with van der Waals surface area (Å²) >= 11 is 0. The molecule has 0 aliphatic rings. The van der Waals surface area contributed by atoms with E-state index in [4.69, 9.17) is 13.9 Å². The molecular formula is C14H17NO4. The van der Waals surface area contributed by atoms with Crippen molar-refractivity contribution in [1.82, 2.24) is 5.32 Å². The van der Waals surface area contributed by atoms with E-state index >= 15 is 0 Å². The number of rotatable bonds is 5. The summed E-state index contributed by atoms with van der Waals surface area (Å²) in [6.07, 6.45) is -0.462. The predicted octanol–water partition coefficient (Wildman–Crippen LogP) is 2.09. The molecule has 0 spiro atoms. The molecule has 0 radical (unpaired) electrons. The quantitative estimate of drug-likeness (QED) is 0.839. The van der Waals surface area contributed by atoms with Crippen LogP contribution >= 0.6 is 0 Å². The summed E-state index contributed by atoms with van der Waals surface area (Å²) in [7, 11) is 3.04. The highest BCUT2D eigenvalue weighted by atomic mass is 16.7. The molecule has 102 valence electrons. The average Bonchev–Trinajstić information content (AvgIpc) is 2.82. The second kappa shape index (κ2) is 5.86. The fourth-order valence-corrected chi connectivity index (χ4v) is 1.80. The number of methoxy groups -OCH3 is 2. The van der Waals surface area contributed by atoms with Gasteiger partial charge in [-0.3, -0.25) is 4.79 Å². The number of fused-ring (bicyclic) bond motifs is 1. The van der Waals surface area contributed by atoms with Gasteiger partial charge in [-0.15, -0.1) is 0 Å². The molecule has 5 heteroatoms. The molecule has 0 aliphatic carbocycles. The summed E-state index contributed by atoms with van der Waals surface area (Å²) in [5, 5.41) is 3.61. The third-order valence-electron chi connectivity index (χ3n) is 2.85. The summed E-state index contributed by atoms with van der Waals surface area (Å²) in [4.78, 5) is 11.9. The van der Waals surface area contributed by atoms with Crippen LogP contribution in [0.25, 0.3) is 11.0 Å². The molecule has 19 heavy (non-hydrogen) atoms. The first-order chi connectivity index (χ1) is 9.13. The van der Waals surface area contributed by atoms with Gasteiger partial charge in [0.25, 0.3) is 5.91 Å². The third-order valence-corrected chi connectivity index (χ3v) is 2.85. The van der Waals surface area contributed by atoms with Gasteiger partial charge in [-0.2, -0.15) is 0 Å². The Hall–Kier alpha value is -1.85. The second-order valence-corrected chi connectivity index (χ2v) is 4.26. The zero-order valence-corrected chi connectivity index (χ0v) is 11.2. The monoisotopic (exact) mass is 263 g/mol. The number of benzene rings is 1. The van der Waals surface area contributed by atoms with Crippen LogP contribution in [0.4, 0.5) is 0 Å². The van der Waals surface area contributed by atoms with Crippen molar-refractivity contribution < 1.29 is 18.7 Å². The molecule has 0 bridgehead atoms. The Morgan fingerprint density at radius 2 is 2.05 bits per heavy atom. The van der Waals surface area contributed by atoms with Crippen molar-refractivity contribution in [2.24, 2.45) is 0 Å². The maximum atomic E-state index is 11.9. The fraction of sp³-hybridized carbons (Fsp3) is 0.357. The number of carbonyl (C=O) groups is 1. The Balaban J connectivity index is 2.09. The molecule has 1 aromatic carbocycles. The Kier molecular flexibility index (Phi) is 4.19. The van der Waals surface area contributed by atoms with Crippen molar-refractivity contribution in [3.8, 4) is 0 Å². The largest absolute Gasteiger partial charge is 0.451 e. The van der Waals surface area contributed by atoms with E-state index < -0.39 is 6.29 Å². The lowest BCUT2D eigenvalue weighted by atomic mass is 10.2. The molecule has 0 aliphatic heterocycles. The molecule has 0 saturated carbocycles. The number of carbonyl (C=O) groups excluding carboxylic acids is 1. The molecule has 0 saturated heterocycles. The van der Waals surface area contributed by atoms with Crippen LogP contribution in [0.3, 0.4) is 0 Å². The lowest BCUT2D eigenvalue weighted by Crippen LogP contribution is -2.33. The SMILES string of the molecule is COC(CNC(=O)c1cc2cc(C)ccc2o1)OC. The van der Waals surface area contributed by atoms with Crippen molar-refractivity contribution in [1.29, 1.82) is 0 Å². The van der Waals surface area contributed by atoms with Gasteiger partial charge in [0.2, 0.25) is 0 Å². The predicted molar refractivity (Wildman–Crippen MR) is 71.1 cm³/mol. The maximum Gasteiger partial charge on any atom is 0.287 e. The molecular weight excluding hydrogens is 246 g/mol. The van der Waals surface area contributed by atoms with Gasteiger partial charge >= 0.3 is 0 Å². The van der Waals surface area contributed by atoms with Gasteiger partial charge in [0, 0.05) is 19.6 Å². The van der Waals surface area contributed by atoms with Crippen LogP contribution in [0.1, 0.15) is 16.1 Å². The van der Waals surface area contributed by atoms with Gasteiger partial charge < -0.3 is 19.2 Å². The highest BCUT2D eigenvalue weighted by Gasteiger charge is 2.14. The zero-order chi connectivity index (χ0) is 13.8. The minimum absolute atomic E-state index is 0.266. The fourth-order valence-electron chi connectivity index (χ4n) is 1.80. The molecule has 1 N–H and O–H groups in total. The Labute approximate surface area is 111 Å². The number of furan rings is 1. The smallest absolute Gasteiger partial charge is 0.287 e. The van der Waals surface area contributed by atoms with E-state index in [0.29, 0.717) is 5.58 Å². The van der Waals surface area contributed by atoms with E-state index in [1.54, 1.807) is 6.07 Å². The minimum atomic E-state index is -0.462. The molecule has 1 heterocycles. The molecule has 2 rings (SSSR count). The summed E-state index contributed by atoms with van der Waals surface area (Å²) in [6.45, 7) is 2.26. The van der Waals surface area contributed by atoms with Gasteiger partial charge in [-0.05, 0) is 25.1 Å². The Morgan fingerprint density at radius 1 is 1.32 bits per heavy atom. The highest BCUT2D eigenvalue weighted by Crippen LogP contribution is 2.20. The van der Waals surface area contributed by atoms with Crippen LogP contribution in [0.5, 0.6) is 0 Å². The summed E-state index contributed by atoms with van der Waals surface area (Å²) in [5.41, 5.74) is 1.82. The maximum absolute atomic E-state index is 11.9. The normalized spacial score (nSPS) is 11.2. The molecule has 0 fully saturated rings. The number of nitrogens with one attached hydrogen (secondary N) is 1. The summed E-state index contributed by atoms with van der Waals surface area (Å²) < 4.78 is 15.5. The second-order valence-electron chi connectivity index (χ2n) is 4.26.